The van der Waals surface area contributed by atoms with Gasteiger partial charge in [0.25, 0.3) is 0 Å². The maximum absolute atomic E-state index is 9.98. The fourth-order valence-corrected chi connectivity index (χ4v) is 0. The van der Waals surface area contributed by atoms with E-state index in [1.807, 2.05) is 0 Å². The number of rotatable bonds is 0. The topological polar surface area (TPSA) is 0 Å². The molecular formula is C2H5FS. The van der Waals surface area contributed by atoms with Crippen molar-refractivity contribution >= 4 is 17.8 Å². The largest absolute Gasteiger partial charge is 0.203 e. The Hall–Kier alpha value is 0.0200. The molecule has 0 aromatic carbocycles. The molecule has 0 aliphatic heterocycles. The molecule has 0 heterocycles. The van der Waals surface area contributed by atoms with Crippen LogP contribution in [0.1, 0.15) is 7.43 Å². The van der Waals surface area contributed by atoms with E-state index < -0.39 is 0 Å². The summed E-state index contributed by atoms with van der Waals surface area (Å²) in [4.78, 5) is 0. The number of hydrogen-bond acceptors (Lipinski definition) is 1. The standard InChI is InChI=1S/CHFS.CH4/c2-1-3;/h1H;1H4. The molecule has 0 aromatic rings. The number of thiocarbonyl (C=S) groups is 1. The molecule has 26 valence electrons. The van der Waals surface area contributed by atoms with Crippen molar-refractivity contribution in [1.82, 2.24) is 0 Å². The van der Waals surface area contributed by atoms with E-state index in [1.165, 1.54) is 0 Å². The van der Waals surface area contributed by atoms with Crippen LogP contribution in [-0.2, 0) is 0 Å². The van der Waals surface area contributed by atoms with Gasteiger partial charge in [0.2, 0.25) is 0 Å². The molecule has 0 rings (SSSR count). The van der Waals surface area contributed by atoms with Gasteiger partial charge in [0.1, 0.15) is 5.62 Å². The van der Waals surface area contributed by atoms with Gasteiger partial charge in [-0.15, -0.1) is 0 Å². The van der Waals surface area contributed by atoms with Crippen LogP contribution in [0.15, 0.2) is 0 Å². The van der Waals surface area contributed by atoms with Crippen molar-refractivity contribution in [2.45, 2.75) is 7.43 Å². The smallest absolute Gasteiger partial charge is 0.149 e. The van der Waals surface area contributed by atoms with E-state index in [4.69, 9.17) is 0 Å². The van der Waals surface area contributed by atoms with Gasteiger partial charge < -0.3 is 0 Å². The van der Waals surface area contributed by atoms with Gasteiger partial charge in [0.05, 0.1) is 0 Å². The zero-order chi connectivity index (χ0) is 2.71. The minimum Gasteiger partial charge on any atom is -0.203 e. The molecule has 0 unspecified atom stereocenters. The van der Waals surface area contributed by atoms with Crippen LogP contribution in [-0.4, -0.2) is 5.62 Å². The maximum atomic E-state index is 9.98. The van der Waals surface area contributed by atoms with Gasteiger partial charge >= 0.3 is 0 Å². The zero-order valence-corrected chi connectivity index (χ0v) is 2.18. The van der Waals surface area contributed by atoms with Gasteiger partial charge in [-0.05, 0) is 0 Å². The molecule has 0 nitrogen and oxygen atoms in total. The van der Waals surface area contributed by atoms with Crippen molar-refractivity contribution in [3.63, 3.8) is 0 Å². The van der Waals surface area contributed by atoms with Crippen LogP contribution >= 0.6 is 12.2 Å². The Morgan fingerprint density at radius 3 is 1.75 bits per heavy atom. The summed E-state index contributed by atoms with van der Waals surface area (Å²) in [5.41, 5.74) is 0.0833. The molecule has 0 aromatic heterocycles. The molecular weight excluding hydrogens is 75.1 g/mol. The lowest BCUT2D eigenvalue weighted by Crippen LogP contribution is -1.18. The molecule has 0 saturated carbocycles. The third-order valence-corrected chi connectivity index (χ3v) is 0. The van der Waals surface area contributed by atoms with Gasteiger partial charge in [0.15, 0.2) is 0 Å². The predicted octanol–water partition coefficient (Wildman–Crippen LogP) is 1.55. The van der Waals surface area contributed by atoms with Crippen molar-refractivity contribution in [1.29, 1.82) is 0 Å². The van der Waals surface area contributed by atoms with Crippen molar-refractivity contribution in [2.24, 2.45) is 0 Å². The average molecular weight is 80.1 g/mol. The molecule has 0 aliphatic rings. The monoisotopic (exact) mass is 80.0 g/mol. The van der Waals surface area contributed by atoms with E-state index in [-0.39, 0.29) is 13.0 Å². The molecule has 0 bridgehead atoms. The highest BCUT2D eigenvalue weighted by Gasteiger charge is 1.23. The highest BCUT2D eigenvalue weighted by Crippen LogP contribution is 1.40. The lowest BCUT2D eigenvalue weighted by molar-refractivity contribution is 0.862. The van der Waals surface area contributed by atoms with Crippen molar-refractivity contribution in [3.8, 4) is 0 Å². The fourth-order valence-electron chi connectivity index (χ4n) is 0. The quantitative estimate of drug-likeness (QED) is 0.314. The maximum Gasteiger partial charge on any atom is 0.149 e. The lowest BCUT2D eigenvalue weighted by atomic mass is 11.8. The Balaban J connectivity index is 0. The molecule has 0 amide bonds. The molecule has 0 saturated heterocycles. The highest BCUT2D eigenvalue weighted by atomic mass is 32.1. The second kappa shape index (κ2) is 11.8. The highest BCUT2D eigenvalue weighted by molar-refractivity contribution is 7.78. The molecule has 0 spiro atoms. The molecule has 0 aliphatic carbocycles. The summed E-state index contributed by atoms with van der Waals surface area (Å²) in [6, 6.07) is 0. The summed E-state index contributed by atoms with van der Waals surface area (Å²) in [6.07, 6.45) is 0. The van der Waals surface area contributed by atoms with Crippen molar-refractivity contribution in [3.05, 3.63) is 0 Å². The summed E-state index contributed by atoms with van der Waals surface area (Å²) in [6.45, 7) is 0. The molecule has 0 fully saturated rings. The summed E-state index contributed by atoms with van der Waals surface area (Å²) in [5.74, 6) is 0. The van der Waals surface area contributed by atoms with Gasteiger partial charge in [-0.2, -0.15) is 0 Å². The van der Waals surface area contributed by atoms with E-state index in [0.29, 0.717) is 0 Å². The second-order valence-electron chi connectivity index (χ2n) is 0.0891. The third kappa shape index (κ3) is 5250. The summed E-state index contributed by atoms with van der Waals surface area (Å²) >= 11 is 3.60. The Morgan fingerprint density at radius 1 is 1.75 bits per heavy atom. The van der Waals surface area contributed by atoms with Crippen LogP contribution < -0.4 is 0 Å². The fraction of sp³-hybridized carbons (Fsp3) is 0.500. The predicted molar refractivity (Wildman–Crippen MR) is 21.5 cm³/mol. The first-order valence-corrected chi connectivity index (χ1v) is 0.925. The van der Waals surface area contributed by atoms with E-state index in [0.717, 1.165) is 0 Å². The van der Waals surface area contributed by atoms with Crippen LogP contribution in [0.5, 0.6) is 0 Å². The second-order valence-corrected chi connectivity index (χ2v) is 0.267. The first-order valence-electron chi connectivity index (χ1n) is 0.454. The summed E-state index contributed by atoms with van der Waals surface area (Å²) < 4.78 is 9.98. The van der Waals surface area contributed by atoms with E-state index in [9.17, 15) is 4.39 Å². The van der Waals surface area contributed by atoms with Gasteiger partial charge in [0, 0.05) is 0 Å². The molecule has 0 radical (unpaired) electrons. The summed E-state index contributed by atoms with van der Waals surface area (Å²) in [7, 11) is 0. The van der Waals surface area contributed by atoms with Gasteiger partial charge in [-0.3, -0.25) is 0 Å². The number of halogens is 1. The SMILES string of the molecule is C.FC=S. The van der Waals surface area contributed by atoms with E-state index in [2.05, 4.69) is 12.2 Å². The zero-order valence-electron chi connectivity index (χ0n) is 1.36. The minimum absolute atomic E-state index is 0. The first-order chi connectivity index (χ1) is 1.41. The van der Waals surface area contributed by atoms with Crippen LogP contribution in [0.4, 0.5) is 4.39 Å². The van der Waals surface area contributed by atoms with Crippen LogP contribution in [0.3, 0.4) is 0 Å². The molecule has 0 atom stereocenters. The van der Waals surface area contributed by atoms with Gasteiger partial charge in [-0.25, -0.2) is 4.39 Å². The third-order valence-electron chi connectivity index (χ3n) is 0. The molecule has 2 heteroatoms. The first kappa shape index (κ1) is 8.99. The van der Waals surface area contributed by atoms with Crippen LogP contribution in [0.25, 0.3) is 0 Å². The Kier molecular flexibility index (Phi) is 26.6. The van der Waals surface area contributed by atoms with Crippen LogP contribution in [0, 0.1) is 0 Å². The Labute approximate surface area is 30.6 Å². The van der Waals surface area contributed by atoms with Gasteiger partial charge in [-0.1, -0.05) is 19.6 Å². The minimum atomic E-state index is 0. The normalized spacial score (nSPS) is 3.25. The number of hydrogen-bond donors (Lipinski definition) is 0. The Morgan fingerprint density at radius 2 is 1.75 bits per heavy atom. The van der Waals surface area contributed by atoms with Crippen molar-refractivity contribution < 1.29 is 4.39 Å². The van der Waals surface area contributed by atoms with E-state index in [1.54, 1.807) is 0 Å². The Bertz CT molecular complexity index is 13.5. The van der Waals surface area contributed by atoms with Crippen molar-refractivity contribution in [2.75, 3.05) is 0 Å². The van der Waals surface area contributed by atoms with E-state index >= 15 is 0 Å². The average Bonchev–Trinajstić information content (AvgIpc) is 0.918. The molecule has 4 heavy (non-hydrogen) atoms. The lowest BCUT2D eigenvalue weighted by Gasteiger charge is -1.24. The molecule has 0 N–H and O–H groups in total. The van der Waals surface area contributed by atoms with Crippen LogP contribution in [0.2, 0.25) is 0 Å². The summed E-state index contributed by atoms with van der Waals surface area (Å²) in [5, 5.41) is 0.